The molecule has 1 aromatic rings. The molecule has 18 heavy (non-hydrogen) atoms. The summed E-state index contributed by atoms with van der Waals surface area (Å²) in [5, 5.41) is 12.3. The van der Waals surface area contributed by atoms with E-state index in [0.717, 1.165) is 19.3 Å². The molecule has 0 saturated carbocycles. The molecule has 1 aromatic heterocycles. The second-order valence-electron chi connectivity index (χ2n) is 4.51. The average molecular weight is 246 g/mol. The number of allylic oxidation sites excluding steroid dienone is 1. The number of pyridine rings is 1. The lowest BCUT2D eigenvalue weighted by Gasteiger charge is -2.13. The molecule has 0 aromatic carbocycles. The van der Waals surface area contributed by atoms with Gasteiger partial charge in [-0.1, -0.05) is 11.6 Å². The lowest BCUT2D eigenvalue weighted by molar-refractivity contribution is 0.0951. The summed E-state index contributed by atoms with van der Waals surface area (Å²) in [5.41, 5.74) is 1.71. The van der Waals surface area contributed by atoms with Gasteiger partial charge < -0.3 is 10.4 Å². The van der Waals surface area contributed by atoms with Gasteiger partial charge in [0.05, 0.1) is 11.8 Å². The number of nitrogens with one attached hydrogen (secondary N) is 1. The normalized spacial score (nSPS) is 15.0. The highest BCUT2D eigenvalue weighted by atomic mass is 16.3. The zero-order valence-corrected chi connectivity index (χ0v) is 10.4. The molecule has 4 nitrogen and oxygen atoms in total. The minimum Gasteiger partial charge on any atom is -0.505 e. The molecule has 1 aliphatic rings. The molecule has 2 rings (SSSR count). The Hall–Kier alpha value is -1.84. The second-order valence-corrected chi connectivity index (χ2v) is 4.51. The average Bonchev–Trinajstić information content (AvgIpc) is 2.40. The summed E-state index contributed by atoms with van der Waals surface area (Å²) < 4.78 is 0. The number of rotatable bonds is 4. The summed E-state index contributed by atoms with van der Waals surface area (Å²) in [4.78, 5) is 15.5. The highest BCUT2D eigenvalue weighted by Gasteiger charge is 2.10. The standard InChI is InChI=1S/C14H18N2O2/c17-13-10-15-8-7-12(13)14(18)16-9-6-11-4-2-1-3-5-11/h4,7-8,10,17H,1-3,5-6,9H2,(H,16,18). The Balaban J connectivity index is 1.82. The number of nitrogens with zero attached hydrogens (tertiary/aromatic N) is 1. The summed E-state index contributed by atoms with van der Waals surface area (Å²) in [6.45, 7) is 0.617. The van der Waals surface area contributed by atoms with Crippen LogP contribution >= 0.6 is 0 Å². The number of carbonyl (C=O) groups excluding carboxylic acids is 1. The molecule has 0 atom stereocenters. The zero-order valence-electron chi connectivity index (χ0n) is 10.4. The molecular formula is C14H18N2O2. The lowest BCUT2D eigenvalue weighted by Crippen LogP contribution is -2.25. The first kappa shape index (κ1) is 12.6. The quantitative estimate of drug-likeness (QED) is 0.802. The molecule has 1 amide bonds. The van der Waals surface area contributed by atoms with Crippen molar-refractivity contribution in [2.75, 3.05) is 6.54 Å². The van der Waals surface area contributed by atoms with E-state index in [-0.39, 0.29) is 17.2 Å². The van der Waals surface area contributed by atoms with Crippen LogP contribution in [0.25, 0.3) is 0 Å². The molecule has 0 aliphatic heterocycles. The SMILES string of the molecule is O=C(NCCC1=CCCCC1)c1ccncc1O. The van der Waals surface area contributed by atoms with Gasteiger partial charge in [-0.05, 0) is 38.2 Å². The van der Waals surface area contributed by atoms with Gasteiger partial charge in [-0.15, -0.1) is 0 Å². The van der Waals surface area contributed by atoms with Crippen LogP contribution in [0.1, 0.15) is 42.5 Å². The molecule has 0 fully saturated rings. The molecule has 1 heterocycles. The number of aromatic nitrogens is 1. The number of hydrogen-bond donors (Lipinski definition) is 2. The molecular weight excluding hydrogens is 228 g/mol. The van der Waals surface area contributed by atoms with Gasteiger partial charge in [-0.3, -0.25) is 9.78 Å². The van der Waals surface area contributed by atoms with Crippen LogP contribution in [-0.4, -0.2) is 22.5 Å². The summed E-state index contributed by atoms with van der Waals surface area (Å²) in [6, 6.07) is 1.52. The van der Waals surface area contributed by atoms with Gasteiger partial charge >= 0.3 is 0 Å². The fraction of sp³-hybridized carbons (Fsp3) is 0.429. The Morgan fingerprint density at radius 2 is 2.33 bits per heavy atom. The van der Waals surface area contributed by atoms with E-state index in [2.05, 4.69) is 16.4 Å². The Morgan fingerprint density at radius 3 is 3.06 bits per heavy atom. The van der Waals surface area contributed by atoms with Gasteiger partial charge in [0.1, 0.15) is 5.75 Å². The smallest absolute Gasteiger partial charge is 0.255 e. The van der Waals surface area contributed by atoms with Crippen molar-refractivity contribution in [3.05, 3.63) is 35.7 Å². The van der Waals surface area contributed by atoms with Crippen LogP contribution in [0.15, 0.2) is 30.1 Å². The Labute approximate surface area is 107 Å². The fourth-order valence-corrected chi connectivity index (χ4v) is 2.14. The zero-order chi connectivity index (χ0) is 12.8. The number of aromatic hydroxyl groups is 1. The second kappa shape index (κ2) is 6.19. The topological polar surface area (TPSA) is 62.2 Å². The van der Waals surface area contributed by atoms with Crippen molar-refractivity contribution in [1.29, 1.82) is 0 Å². The molecule has 0 spiro atoms. The van der Waals surface area contributed by atoms with E-state index in [9.17, 15) is 9.90 Å². The van der Waals surface area contributed by atoms with E-state index in [1.54, 1.807) is 0 Å². The maximum absolute atomic E-state index is 11.8. The van der Waals surface area contributed by atoms with E-state index in [1.165, 1.54) is 36.9 Å². The molecule has 4 heteroatoms. The van der Waals surface area contributed by atoms with Crippen molar-refractivity contribution in [3.8, 4) is 5.75 Å². The van der Waals surface area contributed by atoms with Crippen LogP contribution in [-0.2, 0) is 0 Å². The number of hydrogen-bond acceptors (Lipinski definition) is 3. The Kier molecular flexibility index (Phi) is 4.34. The van der Waals surface area contributed by atoms with Crippen LogP contribution in [0.2, 0.25) is 0 Å². The molecule has 0 bridgehead atoms. The molecule has 0 radical (unpaired) electrons. The van der Waals surface area contributed by atoms with Crippen molar-refractivity contribution >= 4 is 5.91 Å². The Bertz CT molecular complexity index is 455. The monoisotopic (exact) mass is 246 g/mol. The van der Waals surface area contributed by atoms with Crippen molar-refractivity contribution in [1.82, 2.24) is 10.3 Å². The first-order valence-corrected chi connectivity index (χ1v) is 6.36. The maximum atomic E-state index is 11.8. The predicted octanol–water partition coefficient (Wildman–Crippen LogP) is 2.41. The van der Waals surface area contributed by atoms with Gasteiger partial charge in [-0.25, -0.2) is 0 Å². The van der Waals surface area contributed by atoms with Crippen LogP contribution in [0, 0.1) is 0 Å². The summed E-state index contributed by atoms with van der Waals surface area (Å²) in [5.74, 6) is -0.321. The van der Waals surface area contributed by atoms with Crippen LogP contribution in [0.3, 0.4) is 0 Å². The van der Waals surface area contributed by atoms with Crippen molar-refractivity contribution in [2.45, 2.75) is 32.1 Å². The van der Waals surface area contributed by atoms with E-state index in [0.29, 0.717) is 6.54 Å². The van der Waals surface area contributed by atoms with E-state index >= 15 is 0 Å². The maximum Gasteiger partial charge on any atom is 0.255 e. The Morgan fingerprint density at radius 1 is 1.44 bits per heavy atom. The predicted molar refractivity (Wildman–Crippen MR) is 69.4 cm³/mol. The van der Waals surface area contributed by atoms with Gasteiger partial charge in [0.2, 0.25) is 0 Å². The minimum atomic E-state index is -0.244. The van der Waals surface area contributed by atoms with Crippen LogP contribution in [0.4, 0.5) is 0 Å². The van der Waals surface area contributed by atoms with Crippen molar-refractivity contribution in [3.63, 3.8) is 0 Å². The fourth-order valence-electron chi connectivity index (χ4n) is 2.14. The third-order valence-corrected chi connectivity index (χ3v) is 3.16. The highest BCUT2D eigenvalue weighted by Crippen LogP contribution is 2.19. The third-order valence-electron chi connectivity index (χ3n) is 3.16. The number of amides is 1. The first-order valence-electron chi connectivity index (χ1n) is 6.36. The van der Waals surface area contributed by atoms with Gasteiger partial charge in [0, 0.05) is 12.7 Å². The van der Waals surface area contributed by atoms with Gasteiger partial charge in [-0.2, -0.15) is 0 Å². The minimum absolute atomic E-state index is 0.0770. The summed E-state index contributed by atoms with van der Waals surface area (Å²) in [7, 11) is 0. The lowest BCUT2D eigenvalue weighted by atomic mass is 9.97. The molecule has 0 unspecified atom stereocenters. The molecule has 2 N–H and O–H groups in total. The highest BCUT2D eigenvalue weighted by molar-refractivity contribution is 5.96. The summed E-state index contributed by atoms with van der Waals surface area (Å²) in [6.07, 6.45) is 10.8. The van der Waals surface area contributed by atoms with E-state index in [1.807, 2.05) is 0 Å². The molecule has 96 valence electrons. The van der Waals surface area contributed by atoms with Crippen LogP contribution < -0.4 is 5.32 Å². The molecule has 0 saturated heterocycles. The number of carbonyl (C=O) groups is 1. The van der Waals surface area contributed by atoms with E-state index in [4.69, 9.17) is 0 Å². The van der Waals surface area contributed by atoms with Crippen LogP contribution in [0.5, 0.6) is 5.75 Å². The first-order chi connectivity index (χ1) is 8.77. The van der Waals surface area contributed by atoms with E-state index < -0.39 is 0 Å². The molecule has 1 aliphatic carbocycles. The summed E-state index contributed by atoms with van der Waals surface area (Å²) >= 11 is 0. The van der Waals surface area contributed by atoms with Crippen molar-refractivity contribution in [2.24, 2.45) is 0 Å². The van der Waals surface area contributed by atoms with Crippen molar-refractivity contribution < 1.29 is 9.90 Å². The van der Waals surface area contributed by atoms with Gasteiger partial charge in [0.15, 0.2) is 0 Å². The van der Waals surface area contributed by atoms with Gasteiger partial charge in [0.25, 0.3) is 5.91 Å². The third kappa shape index (κ3) is 3.32. The largest absolute Gasteiger partial charge is 0.505 e.